The predicted octanol–water partition coefficient (Wildman–Crippen LogP) is 3.11. The monoisotopic (exact) mass is 169 g/mol. The van der Waals surface area contributed by atoms with Crippen LogP contribution in [-0.4, -0.2) is 4.98 Å². The minimum absolute atomic E-state index is 0.813. The standard InChI is InChI=1S/C12H11N/c1-2-9-6-7-13-8-12(9)11(3-1)10-4-5-10/h1-3,6-8,10H,4-5H2. The number of benzene rings is 1. The Morgan fingerprint density at radius 2 is 2.08 bits per heavy atom. The summed E-state index contributed by atoms with van der Waals surface area (Å²) in [5.74, 6) is 0.813. The normalized spacial score (nSPS) is 16.3. The van der Waals surface area contributed by atoms with Gasteiger partial charge in [0.2, 0.25) is 0 Å². The van der Waals surface area contributed by atoms with Crippen LogP contribution in [0.1, 0.15) is 24.3 Å². The van der Waals surface area contributed by atoms with Gasteiger partial charge in [0.05, 0.1) is 0 Å². The first-order valence-electron chi connectivity index (χ1n) is 4.78. The minimum atomic E-state index is 0.813. The first-order valence-corrected chi connectivity index (χ1v) is 4.78. The molecule has 0 atom stereocenters. The van der Waals surface area contributed by atoms with Gasteiger partial charge in [-0.1, -0.05) is 18.2 Å². The van der Waals surface area contributed by atoms with Gasteiger partial charge >= 0.3 is 0 Å². The van der Waals surface area contributed by atoms with Gasteiger partial charge in [-0.15, -0.1) is 0 Å². The fraction of sp³-hybridized carbons (Fsp3) is 0.250. The highest BCUT2D eigenvalue weighted by atomic mass is 14.6. The van der Waals surface area contributed by atoms with Crippen LogP contribution >= 0.6 is 0 Å². The van der Waals surface area contributed by atoms with E-state index in [1.54, 1.807) is 0 Å². The van der Waals surface area contributed by atoms with Gasteiger partial charge in [-0.2, -0.15) is 0 Å². The van der Waals surface area contributed by atoms with Gasteiger partial charge in [0.15, 0.2) is 0 Å². The highest BCUT2D eigenvalue weighted by Crippen LogP contribution is 2.42. The Hall–Kier alpha value is -1.37. The van der Waals surface area contributed by atoms with Crippen LogP contribution in [-0.2, 0) is 0 Å². The van der Waals surface area contributed by atoms with Crippen molar-refractivity contribution in [3.05, 3.63) is 42.2 Å². The lowest BCUT2D eigenvalue weighted by molar-refractivity contribution is 1.15. The van der Waals surface area contributed by atoms with E-state index in [4.69, 9.17) is 0 Å². The molecule has 1 aliphatic carbocycles. The summed E-state index contributed by atoms with van der Waals surface area (Å²) in [7, 11) is 0. The van der Waals surface area contributed by atoms with E-state index in [1.165, 1.54) is 29.2 Å². The quantitative estimate of drug-likeness (QED) is 0.639. The molecule has 1 nitrogen and oxygen atoms in total. The van der Waals surface area contributed by atoms with Crippen molar-refractivity contribution in [2.75, 3.05) is 0 Å². The molecule has 0 unspecified atom stereocenters. The molecular weight excluding hydrogens is 158 g/mol. The fourth-order valence-electron chi connectivity index (χ4n) is 1.89. The third kappa shape index (κ3) is 1.12. The molecule has 0 amide bonds. The van der Waals surface area contributed by atoms with E-state index in [0.717, 1.165) is 5.92 Å². The van der Waals surface area contributed by atoms with Crippen molar-refractivity contribution >= 4 is 10.8 Å². The Morgan fingerprint density at radius 1 is 1.15 bits per heavy atom. The number of rotatable bonds is 1. The zero-order valence-electron chi connectivity index (χ0n) is 7.40. The predicted molar refractivity (Wildman–Crippen MR) is 53.7 cm³/mol. The zero-order valence-corrected chi connectivity index (χ0v) is 7.40. The summed E-state index contributed by atoms with van der Waals surface area (Å²) in [5, 5.41) is 2.66. The summed E-state index contributed by atoms with van der Waals surface area (Å²) in [6.07, 6.45) is 6.56. The maximum Gasteiger partial charge on any atom is 0.0349 e. The van der Waals surface area contributed by atoms with Crippen LogP contribution in [0.15, 0.2) is 36.7 Å². The maximum absolute atomic E-state index is 4.18. The number of aromatic nitrogens is 1. The van der Waals surface area contributed by atoms with Gasteiger partial charge in [-0.05, 0) is 35.8 Å². The molecule has 0 aliphatic heterocycles. The van der Waals surface area contributed by atoms with Crippen LogP contribution in [0, 0.1) is 0 Å². The van der Waals surface area contributed by atoms with E-state index in [0.29, 0.717) is 0 Å². The molecule has 1 aliphatic rings. The second kappa shape index (κ2) is 2.56. The molecule has 13 heavy (non-hydrogen) atoms. The van der Waals surface area contributed by atoms with Crippen LogP contribution in [0.25, 0.3) is 10.8 Å². The number of nitrogens with zero attached hydrogens (tertiary/aromatic N) is 1. The van der Waals surface area contributed by atoms with E-state index in [9.17, 15) is 0 Å². The molecule has 0 radical (unpaired) electrons. The van der Waals surface area contributed by atoms with Gasteiger partial charge in [0.25, 0.3) is 0 Å². The molecule has 1 saturated carbocycles. The molecule has 0 N–H and O–H groups in total. The SMILES string of the molecule is c1cc(C2CC2)c2cnccc2c1. The van der Waals surface area contributed by atoms with Gasteiger partial charge in [0.1, 0.15) is 0 Å². The molecule has 2 aromatic rings. The third-order valence-electron chi connectivity index (χ3n) is 2.73. The molecule has 1 heteroatoms. The summed E-state index contributed by atoms with van der Waals surface area (Å²) in [5.41, 5.74) is 1.49. The smallest absolute Gasteiger partial charge is 0.0349 e. The van der Waals surface area contributed by atoms with Crippen LogP contribution in [0.2, 0.25) is 0 Å². The number of hydrogen-bond acceptors (Lipinski definition) is 1. The lowest BCUT2D eigenvalue weighted by Crippen LogP contribution is -1.83. The third-order valence-corrected chi connectivity index (χ3v) is 2.73. The highest BCUT2D eigenvalue weighted by molar-refractivity contribution is 5.85. The van der Waals surface area contributed by atoms with E-state index in [-0.39, 0.29) is 0 Å². The largest absolute Gasteiger partial charge is 0.264 e. The Balaban J connectivity index is 2.32. The average molecular weight is 169 g/mol. The number of fused-ring (bicyclic) bond motifs is 1. The zero-order chi connectivity index (χ0) is 8.67. The van der Waals surface area contributed by atoms with Crippen LogP contribution in [0.5, 0.6) is 0 Å². The lowest BCUT2D eigenvalue weighted by Gasteiger charge is -2.03. The molecule has 1 fully saturated rings. The Bertz CT molecular complexity index is 438. The van der Waals surface area contributed by atoms with Gasteiger partial charge in [0, 0.05) is 17.8 Å². The van der Waals surface area contributed by atoms with Gasteiger partial charge < -0.3 is 0 Å². The van der Waals surface area contributed by atoms with Crippen molar-refractivity contribution in [2.45, 2.75) is 18.8 Å². The molecule has 1 aromatic heterocycles. The van der Waals surface area contributed by atoms with E-state index < -0.39 is 0 Å². The van der Waals surface area contributed by atoms with Crippen molar-refractivity contribution < 1.29 is 0 Å². The van der Waals surface area contributed by atoms with Crippen molar-refractivity contribution in [3.8, 4) is 0 Å². The van der Waals surface area contributed by atoms with Crippen molar-refractivity contribution in [1.82, 2.24) is 4.98 Å². The average Bonchev–Trinajstić information content (AvgIpc) is 3.00. The minimum Gasteiger partial charge on any atom is -0.264 e. The molecule has 0 spiro atoms. The van der Waals surface area contributed by atoms with Crippen LogP contribution in [0.4, 0.5) is 0 Å². The number of pyridine rings is 1. The first-order chi connectivity index (χ1) is 6.45. The lowest BCUT2D eigenvalue weighted by atomic mass is 10.0. The Morgan fingerprint density at radius 3 is 2.92 bits per heavy atom. The van der Waals surface area contributed by atoms with Gasteiger partial charge in [-0.3, -0.25) is 4.98 Å². The second-order valence-electron chi connectivity index (χ2n) is 3.72. The van der Waals surface area contributed by atoms with Gasteiger partial charge in [-0.25, -0.2) is 0 Å². The molecule has 3 rings (SSSR count). The van der Waals surface area contributed by atoms with E-state index >= 15 is 0 Å². The summed E-state index contributed by atoms with van der Waals surface area (Å²) in [4.78, 5) is 4.18. The topological polar surface area (TPSA) is 12.9 Å². The van der Waals surface area contributed by atoms with Crippen LogP contribution < -0.4 is 0 Å². The first kappa shape index (κ1) is 7.07. The van der Waals surface area contributed by atoms with E-state index in [1.807, 2.05) is 12.4 Å². The molecule has 64 valence electrons. The van der Waals surface area contributed by atoms with Crippen molar-refractivity contribution in [1.29, 1.82) is 0 Å². The van der Waals surface area contributed by atoms with Crippen molar-refractivity contribution in [2.24, 2.45) is 0 Å². The summed E-state index contributed by atoms with van der Waals surface area (Å²) in [6.45, 7) is 0. The molecule has 0 bridgehead atoms. The molecule has 1 heterocycles. The summed E-state index contributed by atoms with van der Waals surface area (Å²) < 4.78 is 0. The Labute approximate surface area is 77.4 Å². The van der Waals surface area contributed by atoms with Crippen molar-refractivity contribution in [3.63, 3.8) is 0 Å². The summed E-state index contributed by atoms with van der Waals surface area (Å²) in [6, 6.07) is 8.63. The second-order valence-corrected chi connectivity index (χ2v) is 3.72. The Kier molecular flexibility index (Phi) is 1.39. The maximum atomic E-state index is 4.18. The van der Waals surface area contributed by atoms with Crippen LogP contribution in [0.3, 0.4) is 0 Å². The molecule has 1 aromatic carbocycles. The number of hydrogen-bond donors (Lipinski definition) is 0. The fourth-order valence-corrected chi connectivity index (χ4v) is 1.89. The summed E-state index contributed by atoms with van der Waals surface area (Å²) >= 11 is 0. The van der Waals surface area contributed by atoms with E-state index in [2.05, 4.69) is 29.2 Å². The molecule has 0 saturated heterocycles. The highest BCUT2D eigenvalue weighted by Gasteiger charge is 2.24. The molecular formula is C12H11N.